The van der Waals surface area contributed by atoms with Crippen LogP contribution < -0.4 is 0 Å². The number of hydrogen-bond acceptors (Lipinski definition) is 3. The van der Waals surface area contributed by atoms with Crippen LogP contribution in [0.25, 0.3) is 0 Å². The Kier molecular flexibility index (Phi) is 3.72. The smallest absolute Gasteiger partial charge is 0.160 e. The van der Waals surface area contributed by atoms with E-state index in [1.54, 1.807) is 7.11 Å². The molecule has 15 heavy (non-hydrogen) atoms. The molecule has 0 N–H and O–H groups in total. The summed E-state index contributed by atoms with van der Waals surface area (Å²) in [5.74, 6) is 0. The summed E-state index contributed by atoms with van der Waals surface area (Å²) < 4.78 is 16.3. The summed E-state index contributed by atoms with van der Waals surface area (Å²) in [6.07, 6.45) is 0.753. The molecular weight excluding hydrogens is 192 g/mol. The summed E-state index contributed by atoms with van der Waals surface area (Å²) in [7, 11) is 1.68. The van der Waals surface area contributed by atoms with E-state index < -0.39 is 0 Å². The van der Waals surface area contributed by atoms with Crippen LogP contribution in [0.15, 0.2) is 30.3 Å². The minimum atomic E-state index is -0.116. The molecule has 82 valence electrons. The van der Waals surface area contributed by atoms with Crippen molar-refractivity contribution in [1.82, 2.24) is 0 Å². The molecule has 0 spiro atoms. The van der Waals surface area contributed by atoms with Gasteiger partial charge in [-0.25, -0.2) is 0 Å². The van der Waals surface area contributed by atoms with Crippen LogP contribution in [-0.2, 0) is 14.2 Å². The van der Waals surface area contributed by atoms with Crippen molar-refractivity contribution in [2.45, 2.75) is 18.8 Å². The van der Waals surface area contributed by atoms with E-state index in [1.807, 2.05) is 18.2 Å². The molecule has 3 nitrogen and oxygen atoms in total. The van der Waals surface area contributed by atoms with Crippen LogP contribution in [0.2, 0.25) is 0 Å². The zero-order chi connectivity index (χ0) is 10.5. The van der Waals surface area contributed by atoms with Crippen molar-refractivity contribution in [2.24, 2.45) is 0 Å². The number of benzene rings is 1. The van der Waals surface area contributed by atoms with E-state index in [1.165, 1.54) is 5.56 Å². The molecule has 0 radical (unpaired) electrons. The van der Waals surface area contributed by atoms with E-state index in [0.29, 0.717) is 13.2 Å². The highest BCUT2D eigenvalue weighted by atomic mass is 16.7. The second kappa shape index (κ2) is 5.26. The molecule has 1 saturated heterocycles. The lowest BCUT2D eigenvalue weighted by Gasteiger charge is -2.10. The van der Waals surface area contributed by atoms with Crippen molar-refractivity contribution < 1.29 is 14.2 Å². The lowest BCUT2D eigenvalue weighted by Crippen LogP contribution is -2.10. The third-order valence-corrected chi connectivity index (χ3v) is 2.48. The van der Waals surface area contributed by atoms with Gasteiger partial charge in [0.1, 0.15) is 6.10 Å². The van der Waals surface area contributed by atoms with Gasteiger partial charge in [0.2, 0.25) is 0 Å². The Morgan fingerprint density at radius 2 is 2.13 bits per heavy atom. The van der Waals surface area contributed by atoms with Gasteiger partial charge in [-0.1, -0.05) is 30.3 Å². The van der Waals surface area contributed by atoms with Crippen molar-refractivity contribution in [3.63, 3.8) is 0 Å². The highest BCUT2D eigenvalue weighted by molar-refractivity contribution is 5.18. The third kappa shape index (κ3) is 2.78. The number of rotatable bonds is 4. The predicted octanol–water partition coefficient (Wildman–Crippen LogP) is 2.14. The lowest BCUT2D eigenvalue weighted by atomic mass is 10.1. The Morgan fingerprint density at radius 3 is 2.87 bits per heavy atom. The Balaban J connectivity index is 1.87. The molecule has 0 aliphatic carbocycles. The molecule has 2 atom stereocenters. The monoisotopic (exact) mass is 208 g/mol. The fourth-order valence-corrected chi connectivity index (χ4v) is 1.66. The van der Waals surface area contributed by atoms with Gasteiger partial charge in [-0.15, -0.1) is 0 Å². The van der Waals surface area contributed by atoms with Crippen molar-refractivity contribution in [2.75, 3.05) is 20.3 Å². The standard InChI is InChI=1S/C12H16O3/c1-13-8-7-12-14-9-11(15-12)10-5-3-2-4-6-10/h2-6,11-12H,7-9H2,1H3/t11-,12+/m1/s1. The topological polar surface area (TPSA) is 27.7 Å². The van der Waals surface area contributed by atoms with Gasteiger partial charge in [0.15, 0.2) is 6.29 Å². The molecule has 1 aromatic carbocycles. The maximum absolute atomic E-state index is 5.75. The van der Waals surface area contributed by atoms with Crippen LogP contribution in [0.1, 0.15) is 18.1 Å². The SMILES string of the molecule is COCC[C@H]1OC[C@H](c2ccccc2)O1. The average molecular weight is 208 g/mol. The first-order valence-electron chi connectivity index (χ1n) is 5.21. The Labute approximate surface area is 90.0 Å². The first kappa shape index (κ1) is 10.6. The van der Waals surface area contributed by atoms with Gasteiger partial charge in [-0.05, 0) is 5.56 Å². The van der Waals surface area contributed by atoms with Gasteiger partial charge < -0.3 is 14.2 Å². The van der Waals surface area contributed by atoms with Crippen molar-refractivity contribution >= 4 is 0 Å². The number of hydrogen-bond donors (Lipinski definition) is 0. The molecule has 0 aromatic heterocycles. The highest BCUT2D eigenvalue weighted by Crippen LogP contribution is 2.27. The summed E-state index contributed by atoms with van der Waals surface area (Å²) in [5, 5.41) is 0. The Hall–Kier alpha value is -0.900. The van der Waals surface area contributed by atoms with Crippen LogP contribution in [0.3, 0.4) is 0 Å². The van der Waals surface area contributed by atoms with Crippen LogP contribution >= 0.6 is 0 Å². The Bertz CT molecular complexity index is 286. The first-order chi connectivity index (χ1) is 7.40. The van der Waals surface area contributed by atoms with Crippen LogP contribution in [0.5, 0.6) is 0 Å². The van der Waals surface area contributed by atoms with Crippen LogP contribution in [0.4, 0.5) is 0 Å². The summed E-state index contributed by atoms with van der Waals surface area (Å²) in [5.41, 5.74) is 1.18. The van der Waals surface area contributed by atoms with Crippen molar-refractivity contribution in [1.29, 1.82) is 0 Å². The van der Waals surface area contributed by atoms with E-state index in [0.717, 1.165) is 6.42 Å². The molecule has 3 heteroatoms. The highest BCUT2D eigenvalue weighted by Gasteiger charge is 2.26. The molecule has 1 fully saturated rings. The van der Waals surface area contributed by atoms with E-state index in [9.17, 15) is 0 Å². The number of methoxy groups -OCH3 is 1. The van der Waals surface area contributed by atoms with E-state index in [2.05, 4.69) is 12.1 Å². The minimum Gasteiger partial charge on any atom is -0.384 e. The van der Waals surface area contributed by atoms with Crippen molar-refractivity contribution in [3.8, 4) is 0 Å². The normalized spacial score (nSPS) is 25.7. The number of ether oxygens (including phenoxy) is 3. The Morgan fingerprint density at radius 1 is 1.33 bits per heavy atom. The van der Waals surface area contributed by atoms with Gasteiger partial charge >= 0.3 is 0 Å². The second-order valence-corrected chi connectivity index (χ2v) is 3.58. The van der Waals surface area contributed by atoms with E-state index in [-0.39, 0.29) is 12.4 Å². The van der Waals surface area contributed by atoms with Gasteiger partial charge in [0.05, 0.1) is 13.2 Å². The molecule has 0 bridgehead atoms. The fourth-order valence-electron chi connectivity index (χ4n) is 1.66. The molecular formula is C12H16O3. The minimum absolute atomic E-state index is 0.0769. The molecule has 1 heterocycles. The summed E-state index contributed by atoms with van der Waals surface area (Å²) >= 11 is 0. The largest absolute Gasteiger partial charge is 0.384 e. The summed E-state index contributed by atoms with van der Waals surface area (Å²) in [6.45, 7) is 1.31. The maximum Gasteiger partial charge on any atom is 0.160 e. The molecule has 1 aliphatic rings. The molecule has 0 amide bonds. The lowest BCUT2D eigenvalue weighted by molar-refractivity contribution is -0.0727. The van der Waals surface area contributed by atoms with E-state index >= 15 is 0 Å². The van der Waals surface area contributed by atoms with Crippen molar-refractivity contribution in [3.05, 3.63) is 35.9 Å². The second-order valence-electron chi connectivity index (χ2n) is 3.58. The molecule has 0 saturated carbocycles. The van der Waals surface area contributed by atoms with Gasteiger partial charge in [0, 0.05) is 13.5 Å². The van der Waals surface area contributed by atoms with Gasteiger partial charge in [0.25, 0.3) is 0 Å². The van der Waals surface area contributed by atoms with Crippen LogP contribution in [-0.4, -0.2) is 26.6 Å². The first-order valence-corrected chi connectivity index (χ1v) is 5.21. The third-order valence-electron chi connectivity index (χ3n) is 2.48. The van der Waals surface area contributed by atoms with Gasteiger partial charge in [-0.2, -0.15) is 0 Å². The zero-order valence-corrected chi connectivity index (χ0v) is 8.89. The maximum atomic E-state index is 5.75. The summed E-state index contributed by atoms with van der Waals surface area (Å²) in [4.78, 5) is 0. The summed E-state index contributed by atoms with van der Waals surface area (Å²) in [6, 6.07) is 10.2. The van der Waals surface area contributed by atoms with Gasteiger partial charge in [-0.3, -0.25) is 0 Å². The van der Waals surface area contributed by atoms with E-state index in [4.69, 9.17) is 14.2 Å². The molecule has 2 rings (SSSR count). The molecule has 1 aliphatic heterocycles. The average Bonchev–Trinajstić information content (AvgIpc) is 2.76. The zero-order valence-electron chi connectivity index (χ0n) is 8.89. The quantitative estimate of drug-likeness (QED) is 0.758. The van der Waals surface area contributed by atoms with Crippen LogP contribution in [0, 0.1) is 0 Å². The molecule has 1 aromatic rings. The fraction of sp³-hybridized carbons (Fsp3) is 0.500. The predicted molar refractivity (Wildman–Crippen MR) is 56.5 cm³/mol. The molecule has 0 unspecified atom stereocenters.